The summed E-state index contributed by atoms with van der Waals surface area (Å²) in [5.74, 6) is 0. The number of alkyl halides is 3. The monoisotopic (exact) mass is 345 g/mol. The summed E-state index contributed by atoms with van der Waals surface area (Å²) in [4.78, 5) is 27.2. The molecular formula is C17H10F3N3O2. The van der Waals surface area contributed by atoms with Gasteiger partial charge in [-0.1, -0.05) is 18.2 Å². The van der Waals surface area contributed by atoms with Crippen molar-refractivity contribution < 1.29 is 13.2 Å². The molecule has 8 heteroatoms. The number of benzene rings is 2. The lowest BCUT2D eigenvalue weighted by Gasteiger charge is -2.07. The molecule has 4 rings (SSSR count). The van der Waals surface area contributed by atoms with Gasteiger partial charge in [-0.15, -0.1) is 0 Å². The zero-order chi connectivity index (χ0) is 17.8. The second kappa shape index (κ2) is 5.10. The third-order valence-electron chi connectivity index (χ3n) is 4.02. The van der Waals surface area contributed by atoms with Gasteiger partial charge in [0.05, 0.1) is 16.8 Å². The Labute approximate surface area is 137 Å². The lowest BCUT2D eigenvalue weighted by Crippen LogP contribution is -2.17. The summed E-state index contributed by atoms with van der Waals surface area (Å²) in [5, 5.41) is 3.83. The highest BCUT2D eigenvalue weighted by Gasteiger charge is 2.30. The number of rotatable bonds is 1. The van der Waals surface area contributed by atoms with E-state index in [4.69, 9.17) is 0 Å². The van der Waals surface area contributed by atoms with Crippen LogP contribution in [0.5, 0.6) is 0 Å². The quantitative estimate of drug-likeness (QED) is 0.556. The number of pyridine rings is 1. The summed E-state index contributed by atoms with van der Waals surface area (Å²) < 4.78 is 39.1. The Morgan fingerprint density at radius 2 is 1.48 bits per heavy atom. The van der Waals surface area contributed by atoms with Gasteiger partial charge in [-0.3, -0.25) is 14.7 Å². The van der Waals surface area contributed by atoms with Gasteiger partial charge in [-0.2, -0.15) is 13.2 Å². The molecular weight excluding hydrogens is 335 g/mol. The van der Waals surface area contributed by atoms with Gasteiger partial charge in [0.25, 0.3) is 11.1 Å². The van der Waals surface area contributed by atoms with Crippen molar-refractivity contribution in [2.75, 3.05) is 0 Å². The van der Waals surface area contributed by atoms with Crippen molar-refractivity contribution in [3.63, 3.8) is 0 Å². The normalized spacial score (nSPS) is 12.1. The first-order valence-electron chi connectivity index (χ1n) is 7.29. The molecule has 5 nitrogen and oxygen atoms in total. The Bertz CT molecular complexity index is 1210. The largest absolute Gasteiger partial charge is 0.416 e. The number of nitrogens with one attached hydrogen (secondary N) is 2. The molecule has 0 saturated heterocycles. The minimum absolute atomic E-state index is 0.0728. The highest BCUT2D eigenvalue weighted by Crippen LogP contribution is 2.29. The first kappa shape index (κ1) is 15.3. The third-order valence-corrected chi connectivity index (χ3v) is 4.02. The van der Waals surface area contributed by atoms with E-state index in [1.807, 2.05) is 0 Å². The van der Waals surface area contributed by atoms with Crippen LogP contribution in [0.1, 0.15) is 5.56 Å². The molecule has 0 unspecified atom stereocenters. The van der Waals surface area contributed by atoms with E-state index in [0.717, 1.165) is 16.8 Å². The summed E-state index contributed by atoms with van der Waals surface area (Å²) in [7, 11) is 0. The summed E-state index contributed by atoms with van der Waals surface area (Å²) in [6, 6.07) is 10.9. The fraction of sp³-hybridized carbons (Fsp3) is 0.0588. The molecule has 0 amide bonds. The van der Waals surface area contributed by atoms with Gasteiger partial charge in [0.1, 0.15) is 5.52 Å². The molecule has 2 N–H and O–H groups in total. The molecule has 4 aromatic rings. The van der Waals surface area contributed by atoms with Gasteiger partial charge < -0.3 is 4.98 Å². The van der Waals surface area contributed by atoms with Crippen molar-refractivity contribution in [2.24, 2.45) is 0 Å². The maximum absolute atomic E-state index is 12.7. The molecule has 2 aromatic carbocycles. The lowest BCUT2D eigenvalue weighted by atomic mass is 10.1. The van der Waals surface area contributed by atoms with Crippen molar-refractivity contribution in [3.8, 4) is 5.69 Å². The van der Waals surface area contributed by atoms with E-state index in [9.17, 15) is 22.8 Å². The molecule has 0 radical (unpaired) electrons. The fourth-order valence-corrected chi connectivity index (χ4v) is 2.81. The summed E-state index contributed by atoms with van der Waals surface area (Å²) in [6.07, 6.45) is -4.45. The average molecular weight is 345 g/mol. The second-order valence-corrected chi connectivity index (χ2v) is 5.55. The van der Waals surface area contributed by atoms with Crippen LogP contribution in [0.4, 0.5) is 13.2 Å². The predicted octanol–water partition coefficient (Wildman–Crippen LogP) is 3.18. The molecule has 0 atom stereocenters. The first-order valence-corrected chi connectivity index (χ1v) is 7.29. The second-order valence-electron chi connectivity index (χ2n) is 5.55. The van der Waals surface area contributed by atoms with Crippen molar-refractivity contribution >= 4 is 21.8 Å². The van der Waals surface area contributed by atoms with Crippen LogP contribution in [0.3, 0.4) is 0 Å². The number of aromatic nitrogens is 3. The van der Waals surface area contributed by atoms with Crippen LogP contribution in [0.15, 0.2) is 58.1 Å². The van der Waals surface area contributed by atoms with E-state index in [1.54, 1.807) is 24.3 Å². The van der Waals surface area contributed by atoms with E-state index in [2.05, 4.69) is 10.1 Å². The molecule has 0 aliphatic rings. The molecule has 2 heterocycles. The van der Waals surface area contributed by atoms with Gasteiger partial charge in [0.15, 0.2) is 0 Å². The number of halogens is 3. The molecule has 0 spiro atoms. The fourth-order valence-electron chi connectivity index (χ4n) is 2.81. The molecule has 0 saturated carbocycles. The summed E-state index contributed by atoms with van der Waals surface area (Å²) >= 11 is 0. The van der Waals surface area contributed by atoms with Gasteiger partial charge in [-0.25, -0.2) is 4.68 Å². The number of hydrogen-bond acceptors (Lipinski definition) is 2. The van der Waals surface area contributed by atoms with Gasteiger partial charge in [-0.05, 0) is 30.3 Å². The molecule has 0 aliphatic heterocycles. The van der Waals surface area contributed by atoms with Gasteiger partial charge in [0, 0.05) is 10.8 Å². The first-order chi connectivity index (χ1) is 11.9. The highest BCUT2D eigenvalue weighted by atomic mass is 19.4. The average Bonchev–Trinajstić information content (AvgIpc) is 2.92. The topological polar surface area (TPSA) is 70.7 Å². The molecule has 0 bridgehead atoms. The smallest absolute Gasteiger partial charge is 0.315 e. The zero-order valence-electron chi connectivity index (χ0n) is 12.5. The SMILES string of the molecule is O=c1[nH]c2c(=O)n(-c3ccc(C(F)(F)F)cc3)[nH]c2c2ccccc12. The standard InChI is InChI=1S/C17H10F3N3O2/c18-17(19,20)9-5-7-10(8-6-9)23-16(25)14-13(22-23)11-3-1-2-4-12(11)15(24)21-14/h1-8,22H,(H,21,24). The molecule has 25 heavy (non-hydrogen) atoms. The summed E-state index contributed by atoms with van der Waals surface area (Å²) in [5.41, 5.74) is -1.03. The van der Waals surface area contributed by atoms with Crippen molar-refractivity contribution in [2.45, 2.75) is 6.18 Å². The summed E-state index contributed by atoms with van der Waals surface area (Å²) in [6.45, 7) is 0. The van der Waals surface area contributed by atoms with Gasteiger partial charge >= 0.3 is 6.18 Å². The Balaban J connectivity index is 1.98. The van der Waals surface area contributed by atoms with Crippen molar-refractivity contribution in [3.05, 3.63) is 74.8 Å². The number of hydrogen-bond donors (Lipinski definition) is 2. The van der Waals surface area contributed by atoms with Crippen LogP contribution in [-0.4, -0.2) is 14.8 Å². The van der Waals surface area contributed by atoms with Crippen molar-refractivity contribution in [1.29, 1.82) is 0 Å². The van der Waals surface area contributed by atoms with E-state index in [-0.39, 0.29) is 11.2 Å². The highest BCUT2D eigenvalue weighted by molar-refractivity contribution is 6.02. The van der Waals surface area contributed by atoms with Crippen LogP contribution in [0, 0.1) is 0 Å². The Morgan fingerprint density at radius 1 is 0.840 bits per heavy atom. The predicted molar refractivity (Wildman–Crippen MR) is 87.0 cm³/mol. The van der Waals surface area contributed by atoms with Crippen LogP contribution in [0.2, 0.25) is 0 Å². The number of H-pyrrole nitrogens is 2. The van der Waals surface area contributed by atoms with Crippen LogP contribution in [-0.2, 0) is 6.18 Å². The minimum atomic E-state index is -4.45. The zero-order valence-corrected chi connectivity index (χ0v) is 12.5. The van der Waals surface area contributed by atoms with Gasteiger partial charge in [0.2, 0.25) is 0 Å². The maximum Gasteiger partial charge on any atom is 0.416 e. The minimum Gasteiger partial charge on any atom is -0.315 e. The molecule has 0 aliphatic carbocycles. The number of nitrogens with zero attached hydrogens (tertiary/aromatic N) is 1. The Kier molecular flexibility index (Phi) is 3.11. The molecule has 2 aromatic heterocycles. The Hall–Kier alpha value is -3.29. The lowest BCUT2D eigenvalue weighted by molar-refractivity contribution is -0.137. The third kappa shape index (κ3) is 2.34. The molecule has 0 fully saturated rings. The van der Waals surface area contributed by atoms with Crippen molar-refractivity contribution in [1.82, 2.24) is 14.8 Å². The van der Waals surface area contributed by atoms with Crippen LogP contribution in [0.25, 0.3) is 27.5 Å². The number of fused-ring (bicyclic) bond motifs is 3. The van der Waals surface area contributed by atoms with E-state index >= 15 is 0 Å². The van der Waals surface area contributed by atoms with E-state index < -0.39 is 22.9 Å². The molecule has 126 valence electrons. The van der Waals surface area contributed by atoms with E-state index in [1.165, 1.54) is 12.1 Å². The maximum atomic E-state index is 12.7. The Morgan fingerprint density at radius 3 is 2.12 bits per heavy atom. The van der Waals surface area contributed by atoms with Crippen LogP contribution < -0.4 is 11.1 Å². The van der Waals surface area contributed by atoms with Crippen LogP contribution >= 0.6 is 0 Å². The van der Waals surface area contributed by atoms with E-state index in [0.29, 0.717) is 16.3 Å². The number of aromatic amines is 2.